The van der Waals surface area contributed by atoms with Crippen molar-refractivity contribution in [2.75, 3.05) is 31.5 Å². The number of hydrogen-bond donors (Lipinski definition) is 1. The molecule has 6 nitrogen and oxygen atoms in total. The number of thiophene rings is 1. The number of nitrogens with one attached hydrogen (secondary N) is 1. The SMILES string of the molecule is O=C(Nc1ccc(C(=O)N2CCN(C(=O)Cc3ccccc3Cl)CC2)s1)C1CC1. The Morgan fingerprint density at radius 1 is 1.00 bits per heavy atom. The first-order valence-electron chi connectivity index (χ1n) is 9.72. The molecule has 1 aromatic heterocycles. The number of nitrogens with zero attached hydrogens (tertiary/aromatic N) is 2. The average molecular weight is 432 g/mol. The van der Waals surface area contributed by atoms with Crippen LogP contribution in [0.2, 0.25) is 5.02 Å². The van der Waals surface area contributed by atoms with Crippen LogP contribution in [-0.4, -0.2) is 53.7 Å². The Bertz CT molecular complexity index is 933. The number of amides is 3. The maximum atomic E-state index is 12.8. The van der Waals surface area contributed by atoms with Crippen LogP contribution in [-0.2, 0) is 16.0 Å². The smallest absolute Gasteiger partial charge is 0.264 e. The molecule has 2 heterocycles. The predicted octanol–water partition coefficient (Wildman–Crippen LogP) is 3.28. The van der Waals surface area contributed by atoms with Crippen molar-refractivity contribution < 1.29 is 14.4 Å². The van der Waals surface area contributed by atoms with E-state index in [0.717, 1.165) is 18.4 Å². The zero-order chi connectivity index (χ0) is 20.4. The largest absolute Gasteiger partial charge is 0.339 e. The summed E-state index contributed by atoms with van der Waals surface area (Å²) in [5, 5.41) is 4.18. The summed E-state index contributed by atoms with van der Waals surface area (Å²) in [6, 6.07) is 10.9. The van der Waals surface area contributed by atoms with Crippen LogP contribution in [0.25, 0.3) is 0 Å². The van der Waals surface area contributed by atoms with Gasteiger partial charge in [0.15, 0.2) is 0 Å². The standard InChI is InChI=1S/C21H22ClN3O3S/c22-16-4-2-1-3-15(16)13-19(26)24-9-11-25(12-10-24)21(28)17-7-8-18(29-17)23-20(27)14-5-6-14/h1-4,7-8,14H,5-6,9-13H2,(H,23,27). The van der Waals surface area contributed by atoms with Gasteiger partial charge in [0.2, 0.25) is 11.8 Å². The molecule has 29 heavy (non-hydrogen) atoms. The first-order valence-corrected chi connectivity index (χ1v) is 10.9. The van der Waals surface area contributed by atoms with Gasteiger partial charge in [0.1, 0.15) is 0 Å². The highest BCUT2D eigenvalue weighted by molar-refractivity contribution is 7.18. The third-order valence-electron chi connectivity index (χ3n) is 5.23. The monoisotopic (exact) mass is 431 g/mol. The van der Waals surface area contributed by atoms with Gasteiger partial charge in [-0.05, 0) is 36.6 Å². The summed E-state index contributed by atoms with van der Waals surface area (Å²) >= 11 is 7.45. The van der Waals surface area contributed by atoms with E-state index in [-0.39, 0.29) is 30.1 Å². The Balaban J connectivity index is 1.29. The van der Waals surface area contributed by atoms with Crippen LogP contribution >= 0.6 is 22.9 Å². The lowest BCUT2D eigenvalue weighted by atomic mass is 10.1. The number of piperazine rings is 1. The van der Waals surface area contributed by atoms with E-state index in [1.54, 1.807) is 28.0 Å². The maximum Gasteiger partial charge on any atom is 0.264 e. The van der Waals surface area contributed by atoms with Gasteiger partial charge in [-0.1, -0.05) is 29.8 Å². The molecular formula is C21H22ClN3O3S. The van der Waals surface area contributed by atoms with Gasteiger partial charge in [-0.15, -0.1) is 11.3 Å². The zero-order valence-electron chi connectivity index (χ0n) is 15.9. The summed E-state index contributed by atoms with van der Waals surface area (Å²) in [6.45, 7) is 2.00. The number of rotatable bonds is 5. The normalized spacial score (nSPS) is 16.6. The third kappa shape index (κ3) is 4.79. The first kappa shape index (κ1) is 19.9. The highest BCUT2D eigenvalue weighted by Gasteiger charge is 2.30. The number of anilines is 1. The van der Waals surface area contributed by atoms with Gasteiger partial charge in [0.25, 0.3) is 5.91 Å². The van der Waals surface area contributed by atoms with Crippen molar-refractivity contribution in [3.05, 3.63) is 51.9 Å². The molecule has 0 bridgehead atoms. The van der Waals surface area contributed by atoms with E-state index >= 15 is 0 Å². The van der Waals surface area contributed by atoms with Crippen LogP contribution < -0.4 is 5.32 Å². The molecule has 2 aromatic rings. The topological polar surface area (TPSA) is 69.7 Å². The Morgan fingerprint density at radius 3 is 2.38 bits per heavy atom. The fourth-order valence-electron chi connectivity index (χ4n) is 3.32. The van der Waals surface area contributed by atoms with Crippen LogP contribution in [0.1, 0.15) is 28.1 Å². The Hall–Kier alpha value is -2.38. The van der Waals surface area contributed by atoms with Crippen molar-refractivity contribution >= 4 is 45.7 Å². The summed E-state index contributed by atoms with van der Waals surface area (Å²) in [5.74, 6) is 0.135. The molecule has 1 saturated heterocycles. The molecule has 8 heteroatoms. The van der Waals surface area contributed by atoms with Crippen molar-refractivity contribution in [3.63, 3.8) is 0 Å². The molecule has 4 rings (SSSR count). The second-order valence-electron chi connectivity index (χ2n) is 7.37. The number of halogens is 1. The molecule has 0 radical (unpaired) electrons. The van der Waals surface area contributed by atoms with Gasteiger partial charge < -0.3 is 15.1 Å². The van der Waals surface area contributed by atoms with E-state index < -0.39 is 0 Å². The lowest BCUT2D eigenvalue weighted by Gasteiger charge is -2.34. The van der Waals surface area contributed by atoms with Crippen LogP contribution in [0, 0.1) is 5.92 Å². The van der Waals surface area contributed by atoms with Crippen LogP contribution in [0.3, 0.4) is 0 Å². The fourth-order valence-corrected chi connectivity index (χ4v) is 4.40. The highest BCUT2D eigenvalue weighted by Crippen LogP contribution is 2.32. The molecular weight excluding hydrogens is 410 g/mol. The van der Waals surface area contributed by atoms with E-state index in [9.17, 15) is 14.4 Å². The van der Waals surface area contributed by atoms with E-state index in [2.05, 4.69) is 5.32 Å². The minimum absolute atomic E-state index is 0.0198. The molecule has 1 aromatic carbocycles. The third-order valence-corrected chi connectivity index (χ3v) is 6.59. The molecule has 1 N–H and O–H groups in total. The summed E-state index contributed by atoms with van der Waals surface area (Å²) in [5.41, 5.74) is 0.817. The minimum Gasteiger partial charge on any atom is -0.339 e. The van der Waals surface area contributed by atoms with Gasteiger partial charge in [0.05, 0.1) is 16.3 Å². The molecule has 1 saturated carbocycles. The lowest BCUT2D eigenvalue weighted by molar-refractivity contribution is -0.131. The molecule has 2 fully saturated rings. The summed E-state index contributed by atoms with van der Waals surface area (Å²) in [4.78, 5) is 41.3. The lowest BCUT2D eigenvalue weighted by Crippen LogP contribution is -2.50. The van der Waals surface area contributed by atoms with Crippen molar-refractivity contribution in [2.45, 2.75) is 19.3 Å². The molecule has 0 spiro atoms. The van der Waals surface area contributed by atoms with E-state index in [0.29, 0.717) is 41.1 Å². The van der Waals surface area contributed by atoms with Crippen molar-refractivity contribution in [1.82, 2.24) is 9.80 Å². The highest BCUT2D eigenvalue weighted by atomic mass is 35.5. The second kappa shape index (κ2) is 8.55. The molecule has 1 aliphatic carbocycles. The quantitative estimate of drug-likeness (QED) is 0.789. The van der Waals surface area contributed by atoms with Crippen LogP contribution in [0.4, 0.5) is 5.00 Å². The van der Waals surface area contributed by atoms with E-state index in [1.807, 2.05) is 18.2 Å². The van der Waals surface area contributed by atoms with Gasteiger partial charge >= 0.3 is 0 Å². The minimum atomic E-state index is -0.0554. The maximum absolute atomic E-state index is 12.8. The Labute approximate surface area is 178 Å². The Morgan fingerprint density at radius 2 is 1.69 bits per heavy atom. The predicted molar refractivity (Wildman–Crippen MR) is 113 cm³/mol. The van der Waals surface area contributed by atoms with Crippen LogP contribution in [0.5, 0.6) is 0 Å². The molecule has 0 unspecified atom stereocenters. The fraction of sp³-hybridized carbons (Fsp3) is 0.381. The van der Waals surface area contributed by atoms with Crippen molar-refractivity contribution in [1.29, 1.82) is 0 Å². The zero-order valence-corrected chi connectivity index (χ0v) is 17.5. The van der Waals surface area contributed by atoms with Crippen LogP contribution in [0.15, 0.2) is 36.4 Å². The van der Waals surface area contributed by atoms with E-state index in [1.165, 1.54) is 11.3 Å². The van der Waals surface area contributed by atoms with E-state index in [4.69, 9.17) is 11.6 Å². The molecule has 2 aliphatic rings. The molecule has 3 amide bonds. The summed E-state index contributed by atoms with van der Waals surface area (Å²) < 4.78 is 0. The molecule has 1 aliphatic heterocycles. The van der Waals surface area contributed by atoms with Crippen molar-refractivity contribution in [2.24, 2.45) is 5.92 Å². The number of carbonyl (C=O) groups is 3. The average Bonchev–Trinajstić information content (AvgIpc) is 3.49. The van der Waals surface area contributed by atoms with Gasteiger partial charge in [-0.25, -0.2) is 0 Å². The molecule has 0 atom stereocenters. The number of benzene rings is 1. The first-order chi connectivity index (χ1) is 14.0. The molecule has 152 valence electrons. The second-order valence-corrected chi connectivity index (χ2v) is 8.86. The summed E-state index contributed by atoms with van der Waals surface area (Å²) in [6.07, 6.45) is 2.16. The summed E-state index contributed by atoms with van der Waals surface area (Å²) in [7, 11) is 0. The van der Waals surface area contributed by atoms with Crippen molar-refractivity contribution in [3.8, 4) is 0 Å². The Kier molecular flexibility index (Phi) is 5.87. The number of hydrogen-bond acceptors (Lipinski definition) is 4. The number of carbonyl (C=O) groups excluding carboxylic acids is 3. The van der Waals surface area contributed by atoms with Gasteiger partial charge in [-0.3, -0.25) is 14.4 Å². The van der Waals surface area contributed by atoms with Gasteiger partial charge in [0, 0.05) is 37.1 Å². The van der Waals surface area contributed by atoms with Gasteiger partial charge in [-0.2, -0.15) is 0 Å².